The van der Waals surface area contributed by atoms with Crippen LogP contribution in [0, 0.1) is 10.8 Å². The number of nitrogens with zero attached hydrogens (tertiary/aromatic N) is 1. The maximum Gasteiger partial charge on any atom is 0.0231 e. The maximum absolute atomic E-state index is 4.42. The van der Waals surface area contributed by atoms with Gasteiger partial charge in [-0.2, -0.15) is 0 Å². The van der Waals surface area contributed by atoms with Crippen molar-refractivity contribution in [1.82, 2.24) is 4.90 Å². The highest BCUT2D eigenvalue weighted by Crippen LogP contribution is 2.41. The average molecular weight is 384 g/mol. The zero-order valence-electron chi connectivity index (χ0n) is 19.7. The zero-order valence-corrected chi connectivity index (χ0v) is 19.7. The van der Waals surface area contributed by atoms with Crippen molar-refractivity contribution in [3.63, 3.8) is 0 Å². The first-order chi connectivity index (χ1) is 13.2. The molecule has 1 heteroatoms. The Labute approximate surface area is 175 Å². The van der Waals surface area contributed by atoms with Crippen molar-refractivity contribution >= 4 is 0 Å². The Morgan fingerprint density at radius 1 is 1.07 bits per heavy atom. The van der Waals surface area contributed by atoms with Crippen molar-refractivity contribution in [2.24, 2.45) is 10.8 Å². The predicted octanol–water partition coefficient (Wildman–Crippen LogP) is 7.58. The maximum atomic E-state index is 4.42. The predicted molar refractivity (Wildman–Crippen MR) is 125 cm³/mol. The molecule has 2 rings (SSSR count). The lowest BCUT2D eigenvalue weighted by Gasteiger charge is -2.31. The molecule has 0 spiro atoms. The van der Waals surface area contributed by atoms with E-state index in [9.17, 15) is 0 Å². The van der Waals surface area contributed by atoms with E-state index in [1.165, 1.54) is 62.9 Å². The lowest BCUT2D eigenvalue weighted by atomic mass is 9.79. The van der Waals surface area contributed by atoms with Gasteiger partial charge in [0, 0.05) is 18.8 Å². The van der Waals surface area contributed by atoms with Crippen LogP contribution in [0.1, 0.15) is 96.8 Å². The average Bonchev–Trinajstić information content (AvgIpc) is 3.09. The van der Waals surface area contributed by atoms with Gasteiger partial charge in [0.2, 0.25) is 0 Å². The van der Waals surface area contributed by atoms with Gasteiger partial charge in [0.05, 0.1) is 0 Å². The third-order valence-corrected chi connectivity index (χ3v) is 6.83. The van der Waals surface area contributed by atoms with Gasteiger partial charge < -0.3 is 4.90 Å². The Bertz CT molecular complexity index is 636. The van der Waals surface area contributed by atoms with Gasteiger partial charge in [-0.05, 0) is 78.9 Å². The van der Waals surface area contributed by atoms with Crippen LogP contribution in [0.5, 0.6) is 0 Å². The van der Waals surface area contributed by atoms with E-state index in [4.69, 9.17) is 0 Å². The molecule has 28 heavy (non-hydrogen) atoms. The number of benzene rings is 1. The Hall–Kier alpha value is -1.24. The molecule has 1 aliphatic rings. The van der Waals surface area contributed by atoms with Crippen molar-refractivity contribution in [2.45, 2.75) is 99.3 Å². The molecule has 1 saturated heterocycles. The molecule has 1 atom stereocenters. The zero-order chi connectivity index (χ0) is 20.8. The highest BCUT2D eigenvalue weighted by Gasteiger charge is 2.36. The molecule has 0 N–H and O–H groups in total. The van der Waals surface area contributed by atoms with Gasteiger partial charge in [0.25, 0.3) is 0 Å². The number of unbranched alkanes of at least 4 members (excludes halogenated alkanes) is 1. The smallest absolute Gasteiger partial charge is 0.0231 e. The molecule has 0 radical (unpaired) electrons. The fourth-order valence-corrected chi connectivity index (χ4v) is 4.89. The second-order valence-corrected chi connectivity index (χ2v) is 10.3. The topological polar surface area (TPSA) is 3.24 Å². The molecule has 1 nitrogen and oxygen atoms in total. The minimum Gasteiger partial charge on any atom is -0.375 e. The third-order valence-electron chi connectivity index (χ3n) is 6.83. The summed E-state index contributed by atoms with van der Waals surface area (Å²) < 4.78 is 0. The largest absolute Gasteiger partial charge is 0.375 e. The first kappa shape index (κ1) is 23.0. The molecular formula is C27H45N. The Kier molecular flexibility index (Phi) is 8.22. The van der Waals surface area contributed by atoms with Crippen molar-refractivity contribution in [1.29, 1.82) is 0 Å². The molecule has 158 valence electrons. The molecule has 0 amide bonds. The monoisotopic (exact) mass is 383 g/mol. The van der Waals surface area contributed by atoms with Crippen LogP contribution in [0.2, 0.25) is 0 Å². The van der Waals surface area contributed by atoms with E-state index in [-0.39, 0.29) is 0 Å². The van der Waals surface area contributed by atoms with E-state index >= 15 is 0 Å². The molecular weight excluding hydrogens is 338 g/mol. The molecule has 0 saturated carbocycles. The van der Waals surface area contributed by atoms with Gasteiger partial charge >= 0.3 is 0 Å². The number of hydrogen-bond acceptors (Lipinski definition) is 1. The summed E-state index contributed by atoms with van der Waals surface area (Å²) in [5.41, 5.74) is 6.82. The van der Waals surface area contributed by atoms with Crippen molar-refractivity contribution < 1.29 is 0 Å². The summed E-state index contributed by atoms with van der Waals surface area (Å²) in [6.07, 6.45) is 11.4. The number of allylic oxidation sites excluding steroid dienone is 1. The van der Waals surface area contributed by atoms with Crippen molar-refractivity contribution in [2.75, 3.05) is 13.1 Å². The molecule has 1 aromatic rings. The van der Waals surface area contributed by atoms with E-state index < -0.39 is 0 Å². The van der Waals surface area contributed by atoms with Crippen LogP contribution < -0.4 is 0 Å². The second-order valence-electron chi connectivity index (χ2n) is 10.3. The van der Waals surface area contributed by atoms with Crippen LogP contribution in [-0.4, -0.2) is 18.0 Å². The van der Waals surface area contributed by atoms with Crippen LogP contribution in [0.4, 0.5) is 0 Å². The van der Waals surface area contributed by atoms with Gasteiger partial charge in [0.15, 0.2) is 0 Å². The summed E-state index contributed by atoms with van der Waals surface area (Å²) >= 11 is 0. The summed E-state index contributed by atoms with van der Waals surface area (Å²) in [5, 5.41) is 0. The van der Waals surface area contributed by atoms with Gasteiger partial charge in [0.1, 0.15) is 0 Å². The fourth-order valence-electron chi connectivity index (χ4n) is 4.89. The Balaban J connectivity index is 1.85. The van der Waals surface area contributed by atoms with E-state index in [1.54, 1.807) is 11.1 Å². The van der Waals surface area contributed by atoms with Crippen LogP contribution in [0.3, 0.4) is 0 Å². The number of rotatable bonds is 10. The van der Waals surface area contributed by atoms with Gasteiger partial charge in [-0.3, -0.25) is 0 Å². The van der Waals surface area contributed by atoms with Gasteiger partial charge in [-0.25, -0.2) is 0 Å². The molecule has 0 bridgehead atoms. The molecule has 1 aromatic carbocycles. The SMILES string of the molecule is C=C(CC(C)(C)C)N1CCC(CC)(CCCCc2ccc(CC)cc2CC)C1. The molecule has 1 aliphatic heterocycles. The minimum absolute atomic E-state index is 0.332. The minimum atomic E-state index is 0.332. The van der Waals surface area contributed by atoms with Gasteiger partial charge in [-0.15, -0.1) is 0 Å². The number of likely N-dealkylation sites (tertiary alicyclic amines) is 1. The summed E-state index contributed by atoms with van der Waals surface area (Å²) in [5.74, 6) is 0. The lowest BCUT2D eigenvalue weighted by Crippen LogP contribution is -2.27. The number of aryl methyl sites for hydroxylation is 3. The second kappa shape index (κ2) is 9.99. The molecule has 0 aromatic heterocycles. The quantitative estimate of drug-likeness (QED) is 0.376. The molecule has 0 aliphatic carbocycles. The van der Waals surface area contributed by atoms with E-state index in [0.29, 0.717) is 10.8 Å². The van der Waals surface area contributed by atoms with Crippen LogP contribution in [0.15, 0.2) is 30.5 Å². The van der Waals surface area contributed by atoms with Crippen molar-refractivity contribution in [3.8, 4) is 0 Å². The standard InChI is InChI=1S/C27H45N/c1-8-23-14-15-25(24(9-2)19-23)13-11-12-16-27(10-3)17-18-28(21-27)22(4)20-26(5,6)7/h14-15,19H,4,8-13,16-18,20-21H2,1-3,5-7H3. The molecule has 1 heterocycles. The third kappa shape index (κ3) is 6.39. The van der Waals surface area contributed by atoms with E-state index in [1.807, 2.05) is 0 Å². The highest BCUT2D eigenvalue weighted by molar-refractivity contribution is 5.32. The first-order valence-electron chi connectivity index (χ1n) is 11.8. The Morgan fingerprint density at radius 3 is 2.43 bits per heavy atom. The summed E-state index contributed by atoms with van der Waals surface area (Å²) in [6.45, 7) is 20.7. The van der Waals surface area contributed by atoms with Crippen molar-refractivity contribution in [3.05, 3.63) is 47.2 Å². The van der Waals surface area contributed by atoms with E-state index in [2.05, 4.69) is 71.2 Å². The summed E-state index contributed by atoms with van der Waals surface area (Å²) in [6, 6.07) is 7.15. The van der Waals surface area contributed by atoms with Crippen LogP contribution in [0.25, 0.3) is 0 Å². The fraction of sp³-hybridized carbons (Fsp3) is 0.704. The van der Waals surface area contributed by atoms with Crippen LogP contribution >= 0.6 is 0 Å². The normalized spacial score (nSPS) is 20.0. The lowest BCUT2D eigenvalue weighted by molar-refractivity contribution is 0.236. The first-order valence-corrected chi connectivity index (χ1v) is 11.8. The Morgan fingerprint density at radius 2 is 1.82 bits per heavy atom. The summed E-state index contributed by atoms with van der Waals surface area (Å²) in [7, 11) is 0. The molecule has 1 unspecified atom stereocenters. The number of hydrogen-bond donors (Lipinski definition) is 0. The summed E-state index contributed by atoms with van der Waals surface area (Å²) in [4.78, 5) is 2.59. The highest BCUT2D eigenvalue weighted by atomic mass is 15.2. The van der Waals surface area contributed by atoms with Crippen LogP contribution in [-0.2, 0) is 19.3 Å². The molecule has 1 fully saturated rings. The van der Waals surface area contributed by atoms with Gasteiger partial charge in [-0.1, -0.05) is 72.7 Å². The van der Waals surface area contributed by atoms with E-state index in [0.717, 1.165) is 19.3 Å².